The Morgan fingerprint density at radius 1 is 1.23 bits per heavy atom. The summed E-state index contributed by atoms with van der Waals surface area (Å²) in [5.74, 6) is 0. The number of hydrogen-bond acceptors (Lipinski definition) is 6. The van der Waals surface area contributed by atoms with Gasteiger partial charge in [0, 0.05) is 0 Å². The number of rotatable bonds is 4. The van der Waals surface area contributed by atoms with E-state index in [-0.39, 0.29) is 24.2 Å². The maximum Gasteiger partial charge on any atom is 0.410 e. The van der Waals surface area contributed by atoms with Crippen molar-refractivity contribution in [3.8, 4) is 0 Å². The van der Waals surface area contributed by atoms with Crippen molar-refractivity contribution in [2.45, 2.75) is 57.3 Å². The van der Waals surface area contributed by atoms with Gasteiger partial charge in [0.2, 0.25) is 0 Å². The topological polar surface area (TPSA) is 82.1 Å². The molecule has 0 radical (unpaired) electrons. The Hall–Kier alpha value is -1.64. The van der Waals surface area contributed by atoms with Gasteiger partial charge >= 0.3 is 6.09 Å². The fourth-order valence-electron chi connectivity index (χ4n) is 2.55. The van der Waals surface area contributed by atoms with Crippen LogP contribution in [0.3, 0.4) is 0 Å². The predicted molar refractivity (Wildman–Crippen MR) is 96.5 cm³/mol. The number of carbonyl (C=O) groups excluding carboxylic acids is 1. The molecule has 1 aromatic rings. The molecule has 26 heavy (non-hydrogen) atoms. The van der Waals surface area contributed by atoms with E-state index in [1.807, 2.05) is 13.8 Å². The van der Waals surface area contributed by atoms with Gasteiger partial charge in [-0.15, -0.1) is 0 Å². The van der Waals surface area contributed by atoms with Crippen LogP contribution >= 0.6 is 0 Å². The van der Waals surface area contributed by atoms with E-state index in [4.69, 9.17) is 13.7 Å². The molecule has 0 bridgehead atoms. The number of aryl methyl sites for hydroxylation is 1. The quantitative estimate of drug-likeness (QED) is 0.741. The Morgan fingerprint density at radius 3 is 2.42 bits per heavy atom. The second-order valence-corrected chi connectivity index (χ2v) is 9.12. The molecule has 2 atom stereocenters. The Kier molecular flexibility index (Phi) is 6.31. The lowest BCUT2D eigenvalue weighted by Gasteiger charge is -2.37. The summed E-state index contributed by atoms with van der Waals surface area (Å²) < 4.78 is 40.8. The van der Waals surface area contributed by atoms with E-state index in [9.17, 15) is 13.2 Å². The third kappa shape index (κ3) is 5.96. The molecule has 0 aliphatic carbocycles. The molecular weight excluding hydrogens is 358 g/mol. The van der Waals surface area contributed by atoms with E-state index >= 15 is 0 Å². The minimum atomic E-state index is -3.88. The third-order valence-electron chi connectivity index (χ3n) is 3.70. The molecule has 1 fully saturated rings. The van der Waals surface area contributed by atoms with Crippen molar-refractivity contribution >= 4 is 16.2 Å². The lowest BCUT2D eigenvalue weighted by Crippen LogP contribution is -2.51. The fraction of sp³-hybridized carbons (Fsp3) is 0.611. The van der Waals surface area contributed by atoms with Crippen molar-refractivity contribution in [2.75, 3.05) is 19.7 Å². The first kappa shape index (κ1) is 20.7. The molecule has 8 heteroatoms. The van der Waals surface area contributed by atoms with Crippen LogP contribution in [-0.4, -0.2) is 56.9 Å². The van der Waals surface area contributed by atoms with Crippen LogP contribution < -0.4 is 0 Å². The van der Waals surface area contributed by atoms with Crippen LogP contribution in [0.5, 0.6) is 0 Å². The van der Waals surface area contributed by atoms with Crippen LogP contribution in [0.15, 0.2) is 29.2 Å². The highest BCUT2D eigenvalue weighted by atomic mass is 32.2. The van der Waals surface area contributed by atoms with Crippen LogP contribution in [0.1, 0.15) is 33.3 Å². The van der Waals surface area contributed by atoms with Crippen LogP contribution in [0, 0.1) is 6.92 Å². The van der Waals surface area contributed by atoms with Gasteiger partial charge in [-0.25, -0.2) is 4.79 Å². The second-order valence-electron chi connectivity index (χ2n) is 7.51. The lowest BCUT2D eigenvalue weighted by molar-refractivity contribution is -0.0917. The summed E-state index contributed by atoms with van der Waals surface area (Å²) in [6, 6.07) is 6.42. The van der Waals surface area contributed by atoms with Crippen molar-refractivity contribution in [3.05, 3.63) is 29.8 Å². The summed E-state index contributed by atoms with van der Waals surface area (Å²) in [5, 5.41) is 0. The molecule has 1 heterocycles. The van der Waals surface area contributed by atoms with Gasteiger partial charge in [-0.3, -0.25) is 4.18 Å². The number of amides is 1. The van der Waals surface area contributed by atoms with Crippen molar-refractivity contribution < 1.29 is 26.9 Å². The molecule has 0 spiro atoms. The third-order valence-corrected chi connectivity index (χ3v) is 4.99. The molecule has 1 saturated heterocycles. The summed E-state index contributed by atoms with van der Waals surface area (Å²) >= 11 is 0. The summed E-state index contributed by atoms with van der Waals surface area (Å²) in [5.41, 5.74) is 0.362. The Bertz CT molecular complexity index is 723. The first-order valence-corrected chi connectivity index (χ1v) is 9.96. The number of benzene rings is 1. The predicted octanol–water partition coefficient (Wildman–Crippen LogP) is 2.72. The zero-order valence-electron chi connectivity index (χ0n) is 15.9. The zero-order valence-corrected chi connectivity index (χ0v) is 16.7. The number of carbonyl (C=O) groups is 1. The van der Waals surface area contributed by atoms with Gasteiger partial charge in [0.1, 0.15) is 11.7 Å². The van der Waals surface area contributed by atoms with E-state index < -0.39 is 27.9 Å². The largest absolute Gasteiger partial charge is 0.444 e. The molecule has 1 amide bonds. The Morgan fingerprint density at radius 2 is 1.85 bits per heavy atom. The van der Waals surface area contributed by atoms with E-state index in [0.29, 0.717) is 6.54 Å². The van der Waals surface area contributed by atoms with E-state index in [2.05, 4.69) is 0 Å². The smallest absolute Gasteiger partial charge is 0.410 e. The normalized spacial score (nSPS) is 21.5. The maximum atomic E-state index is 12.3. The SMILES string of the molecule is Cc1ccc(S(=O)(=O)OC[C@H]2CN(C(=O)OC(C)(C)C)CC(C)O2)cc1. The molecule has 0 saturated carbocycles. The highest BCUT2D eigenvalue weighted by Gasteiger charge is 2.32. The molecule has 2 rings (SSSR count). The van der Waals surface area contributed by atoms with Crippen molar-refractivity contribution in [3.63, 3.8) is 0 Å². The molecule has 146 valence electrons. The standard InChI is InChI=1S/C18H27NO6S/c1-13-6-8-16(9-7-13)26(21,22)23-12-15-11-19(10-14(2)24-15)17(20)25-18(3,4)5/h6-9,14-15H,10-12H2,1-5H3/t14?,15-/m1/s1. The molecular formula is C18H27NO6S. The van der Waals surface area contributed by atoms with Crippen LogP contribution in [0.4, 0.5) is 4.79 Å². The number of ether oxygens (including phenoxy) is 2. The Labute approximate surface area is 155 Å². The van der Waals surface area contributed by atoms with Gasteiger partial charge in [0.15, 0.2) is 0 Å². The highest BCUT2D eigenvalue weighted by Crippen LogP contribution is 2.18. The second kappa shape index (κ2) is 7.94. The van der Waals surface area contributed by atoms with Gasteiger partial charge in [-0.1, -0.05) is 17.7 Å². The molecule has 0 aromatic heterocycles. The number of hydrogen-bond donors (Lipinski definition) is 0. The zero-order chi connectivity index (χ0) is 19.5. The van der Waals surface area contributed by atoms with Crippen LogP contribution in [0.2, 0.25) is 0 Å². The maximum absolute atomic E-state index is 12.3. The van der Waals surface area contributed by atoms with Crippen molar-refractivity contribution in [1.82, 2.24) is 4.90 Å². The highest BCUT2D eigenvalue weighted by molar-refractivity contribution is 7.86. The average molecular weight is 385 g/mol. The van der Waals surface area contributed by atoms with Crippen molar-refractivity contribution in [2.24, 2.45) is 0 Å². The molecule has 1 unspecified atom stereocenters. The lowest BCUT2D eigenvalue weighted by atomic mass is 10.2. The summed E-state index contributed by atoms with van der Waals surface area (Å²) in [4.78, 5) is 13.9. The minimum absolute atomic E-state index is 0.0935. The first-order chi connectivity index (χ1) is 12.0. The van der Waals surface area contributed by atoms with Gasteiger partial charge in [-0.2, -0.15) is 8.42 Å². The summed E-state index contributed by atoms with van der Waals surface area (Å²) in [7, 11) is -3.88. The number of morpholine rings is 1. The number of nitrogens with zero attached hydrogens (tertiary/aromatic N) is 1. The summed E-state index contributed by atoms with van der Waals surface area (Å²) in [6.45, 7) is 9.51. The average Bonchev–Trinajstić information content (AvgIpc) is 2.51. The van der Waals surface area contributed by atoms with E-state index in [1.54, 1.807) is 32.9 Å². The molecule has 1 aliphatic heterocycles. The van der Waals surface area contributed by atoms with Gasteiger partial charge in [0.25, 0.3) is 10.1 Å². The monoisotopic (exact) mass is 385 g/mol. The van der Waals surface area contributed by atoms with Crippen LogP contribution in [-0.2, 0) is 23.8 Å². The fourth-order valence-corrected chi connectivity index (χ4v) is 3.49. The van der Waals surface area contributed by atoms with Gasteiger partial charge in [0.05, 0.1) is 30.7 Å². The van der Waals surface area contributed by atoms with E-state index in [0.717, 1.165) is 5.56 Å². The molecule has 1 aromatic carbocycles. The molecule has 0 N–H and O–H groups in total. The van der Waals surface area contributed by atoms with Crippen LogP contribution in [0.25, 0.3) is 0 Å². The van der Waals surface area contributed by atoms with Gasteiger partial charge < -0.3 is 14.4 Å². The minimum Gasteiger partial charge on any atom is -0.444 e. The molecule has 1 aliphatic rings. The summed E-state index contributed by atoms with van der Waals surface area (Å²) in [6.07, 6.45) is -1.24. The first-order valence-electron chi connectivity index (χ1n) is 8.56. The Balaban J connectivity index is 1.98. The van der Waals surface area contributed by atoms with E-state index in [1.165, 1.54) is 17.0 Å². The van der Waals surface area contributed by atoms with Crippen molar-refractivity contribution in [1.29, 1.82) is 0 Å². The molecule has 7 nitrogen and oxygen atoms in total. The van der Waals surface area contributed by atoms with Gasteiger partial charge in [-0.05, 0) is 46.8 Å².